The molecule has 0 saturated heterocycles. The van der Waals surface area contributed by atoms with Gasteiger partial charge in [0.05, 0.1) is 0 Å². The van der Waals surface area contributed by atoms with Crippen LogP contribution in [-0.4, -0.2) is 30.7 Å². The van der Waals surface area contributed by atoms with Crippen molar-refractivity contribution >= 4 is 0 Å². The molecule has 2 unspecified atom stereocenters. The predicted molar refractivity (Wildman–Crippen MR) is 73.0 cm³/mol. The standard InChI is InChI=1S/C15H25NO/c1-11(2)14(10-17)15(16(4)5)13-8-6-12(3)7-9-13/h6-9,11,14-15,17H,10H2,1-5H3. The van der Waals surface area contributed by atoms with Gasteiger partial charge in [0.25, 0.3) is 0 Å². The summed E-state index contributed by atoms with van der Waals surface area (Å²) in [4.78, 5) is 2.20. The van der Waals surface area contributed by atoms with Crippen molar-refractivity contribution in [3.05, 3.63) is 35.4 Å². The molecule has 0 amide bonds. The molecule has 0 bridgehead atoms. The number of benzene rings is 1. The maximum absolute atomic E-state index is 9.60. The zero-order valence-corrected chi connectivity index (χ0v) is 11.6. The molecule has 0 aromatic heterocycles. The smallest absolute Gasteiger partial charge is 0.0480 e. The maximum atomic E-state index is 9.60. The summed E-state index contributed by atoms with van der Waals surface area (Å²) in [7, 11) is 4.16. The van der Waals surface area contributed by atoms with Gasteiger partial charge in [-0.3, -0.25) is 0 Å². The van der Waals surface area contributed by atoms with Gasteiger partial charge in [-0.25, -0.2) is 0 Å². The molecule has 1 aromatic rings. The maximum Gasteiger partial charge on any atom is 0.0480 e. The largest absolute Gasteiger partial charge is 0.396 e. The van der Waals surface area contributed by atoms with Gasteiger partial charge in [-0.2, -0.15) is 0 Å². The first-order valence-corrected chi connectivity index (χ1v) is 6.31. The molecule has 17 heavy (non-hydrogen) atoms. The molecule has 96 valence electrons. The molecule has 0 aliphatic rings. The molecule has 0 fully saturated rings. The van der Waals surface area contributed by atoms with E-state index in [4.69, 9.17) is 0 Å². The highest BCUT2D eigenvalue weighted by molar-refractivity contribution is 5.24. The SMILES string of the molecule is Cc1ccc(C(C(CO)C(C)C)N(C)C)cc1. The van der Waals surface area contributed by atoms with Crippen LogP contribution in [0, 0.1) is 18.8 Å². The van der Waals surface area contributed by atoms with E-state index >= 15 is 0 Å². The first-order chi connectivity index (χ1) is 7.97. The van der Waals surface area contributed by atoms with Gasteiger partial charge in [0.15, 0.2) is 0 Å². The van der Waals surface area contributed by atoms with Crippen LogP contribution in [0.5, 0.6) is 0 Å². The summed E-state index contributed by atoms with van der Waals surface area (Å²) in [5.41, 5.74) is 2.56. The highest BCUT2D eigenvalue weighted by Gasteiger charge is 2.26. The van der Waals surface area contributed by atoms with Crippen molar-refractivity contribution in [1.82, 2.24) is 4.90 Å². The highest BCUT2D eigenvalue weighted by Crippen LogP contribution is 2.31. The Bertz CT molecular complexity index is 329. The van der Waals surface area contributed by atoms with Crippen molar-refractivity contribution in [3.63, 3.8) is 0 Å². The van der Waals surface area contributed by atoms with E-state index in [0.717, 1.165) is 0 Å². The molecule has 1 N–H and O–H groups in total. The van der Waals surface area contributed by atoms with Crippen molar-refractivity contribution in [2.75, 3.05) is 20.7 Å². The van der Waals surface area contributed by atoms with E-state index in [0.29, 0.717) is 5.92 Å². The van der Waals surface area contributed by atoms with Gasteiger partial charge in [0.2, 0.25) is 0 Å². The summed E-state index contributed by atoms with van der Waals surface area (Å²) < 4.78 is 0. The van der Waals surface area contributed by atoms with E-state index in [2.05, 4.69) is 64.0 Å². The zero-order valence-electron chi connectivity index (χ0n) is 11.6. The van der Waals surface area contributed by atoms with Gasteiger partial charge in [0, 0.05) is 18.6 Å². The van der Waals surface area contributed by atoms with Crippen molar-refractivity contribution in [2.45, 2.75) is 26.8 Å². The van der Waals surface area contributed by atoms with E-state index in [-0.39, 0.29) is 18.6 Å². The monoisotopic (exact) mass is 235 g/mol. The molecule has 2 heteroatoms. The van der Waals surface area contributed by atoms with E-state index in [9.17, 15) is 5.11 Å². The van der Waals surface area contributed by atoms with Crippen molar-refractivity contribution in [2.24, 2.45) is 11.8 Å². The summed E-state index contributed by atoms with van der Waals surface area (Å²) in [6, 6.07) is 8.90. The minimum Gasteiger partial charge on any atom is -0.396 e. The molecule has 1 aromatic carbocycles. The van der Waals surface area contributed by atoms with Crippen LogP contribution in [-0.2, 0) is 0 Å². The summed E-state index contributed by atoms with van der Waals surface area (Å²) in [6.45, 7) is 6.67. The van der Waals surface area contributed by atoms with Gasteiger partial charge >= 0.3 is 0 Å². The van der Waals surface area contributed by atoms with E-state index < -0.39 is 0 Å². The first kappa shape index (κ1) is 14.2. The van der Waals surface area contributed by atoms with Crippen LogP contribution in [0.1, 0.15) is 31.0 Å². The fourth-order valence-corrected chi connectivity index (χ4v) is 2.37. The van der Waals surface area contributed by atoms with Gasteiger partial charge in [0.1, 0.15) is 0 Å². The van der Waals surface area contributed by atoms with Crippen molar-refractivity contribution < 1.29 is 5.11 Å². The van der Waals surface area contributed by atoms with Gasteiger partial charge in [-0.05, 0) is 32.5 Å². The van der Waals surface area contributed by atoms with Crippen LogP contribution < -0.4 is 0 Å². The molecule has 0 aliphatic heterocycles. The Balaban J connectivity index is 3.03. The fourth-order valence-electron chi connectivity index (χ4n) is 2.37. The van der Waals surface area contributed by atoms with Crippen LogP contribution >= 0.6 is 0 Å². The molecule has 0 heterocycles. The second-order valence-corrected chi connectivity index (χ2v) is 5.41. The topological polar surface area (TPSA) is 23.5 Å². The average Bonchev–Trinajstić information content (AvgIpc) is 2.26. The zero-order chi connectivity index (χ0) is 13.0. The number of hydrogen-bond acceptors (Lipinski definition) is 2. The van der Waals surface area contributed by atoms with E-state index in [1.54, 1.807) is 0 Å². The molecular weight excluding hydrogens is 210 g/mol. The molecule has 2 nitrogen and oxygen atoms in total. The Morgan fingerprint density at radius 2 is 1.65 bits per heavy atom. The summed E-state index contributed by atoms with van der Waals surface area (Å²) >= 11 is 0. The number of aliphatic hydroxyl groups is 1. The molecule has 0 saturated carbocycles. The van der Waals surface area contributed by atoms with Crippen LogP contribution in [0.25, 0.3) is 0 Å². The minimum absolute atomic E-state index is 0.231. The lowest BCUT2D eigenvalue weighted by molar-refractivity contribution is 0.100. The lowest BCUT2D eigenvalue weighted by atomic mass is 9.84. The molecule has 1 rings (SSSR count). The van der Waals surface area contributed by atoms with Crippen molar-refractivity contribution in [3.8, 4) is 0 Å². The molecular formula is C15H25NO. The second kappa shape index (κ2) is 6.18. The third kappa shape index (κ3) is 3.55. The van der Waals surface area contributed by atoms with Crippen LogP contribution in [0.15, 0.2) is 24.3 Å². The Kier molecular flexibility index (Phi) is 5.16. The van der Waals surface area contributed by atoms with Gasteiger partial charge in [-0.15, -0.1) is 0 Å². The van der Waals surface area contributed by atoms with Crippen molar-refractivity contribution in [1.29, 1.82) is 0 Å². The Morgan fingerprint density at radius 3 is 2.00 bits per heavy atom. The summed E-state index contributed by atoms with van der Waals surface area (Å²) in [6.07, 6.45) is 0. The molecule has 2 atom stereocenters. The molecule has 0 radical (unpaired) electrons. The number of nitrogens with zero attached hydrogens (tertiary/aromatic N) is 1. The minimum atomic E-state index is 0.231. The lowest BCUT2D eigenvalue weighted by Gasteiger charge is -2.34. The third-order valence-electron chi connectivity index (χ3n) is 3.45. The van der Waals surface area contributed by atoms with Gasteiger partial charge < -0.3 is 10.0 Å². The number of rotatable bonds is 5. The molecule has 0 spiro atoms. The Labute approximate surface area is 105 Å². The summed E-state index contributed by atoms with van der Waals surface area (Å²) in [5.74, 6) is 0.737. The average molecular weight is 235 g/mol. The fraction of sp³-hybridized carbons (Fsp3) is 0.600. The summed E-state index contributed by atoms with van der Waals surface area (Å²) in [5, 5.41) is 9.60. The lowest BCUT2D eigenvalue weighted by Crippen LogP contribution is -2.32. The highest BCUT2D eigenvalue weighted by atomic mass is 16.3. The first-order valence-electron chi connectivity index (χ1n) is 6.31. The van der Waals surface area contributed by atoms with Crippen LogP contribution in [0.4, 0.5) is 0 Å². The van der Waals surface area contributed by atoms with Crippen LogP contribution in [0.2, 0.25) is 0 Å². The second-order valence-electron chi connectivity index (χ2n) is 5.41. The van der Waals surface area contributed by atoms with E-state index in [1.165, 1.54) is 11.1 Å². The Morgan fingerprint density at radius 1 is 1.12 bits per heavy atom. The number of hydrogen-bond donors (Lipinski definition) is 1. The Hall–Kier alpha value is -0.860. The molecule has 0 aliphatic carbocycles. The quantitative estimate of drug-likeness (QED) is 0.848. The number of aryl methyl sites for hydroxylation is 1. The van der Waals surface area contributed by atoms with Crippen LogP contribution in [0.3, 0.4) is 0 Å². The third-order valence-corrected chi connectivity index (χ3v) is 3.45. The normalized spacial score (nSPS) is 15.3. The van der Waals surface area contributed by atoms with E-state index in [1.807, 2.05) is 0 Å². The predicted octanol–water partition coefficient (Wildman–Crippen LogP) is 2.86. The van der Waals surface area contributed by atoms with Gasteiger partial charge in [-0.1, -0.05) is 43.7 Å². The number of aliphatic hydroxyl groups excluding tert-OH is 1.